The number of hydrogen-bond donors (Lipinski definition) is 3. The Morgan fingerprint density at radius 1 is 0.882 bits per heavy atom. The van der Waals surface area contributed by atoms with Crippen molar-refractivity contribution in [3.8, 4) is 0 Å². The zero-order chi connectivity index (χ0) is 36.0. The monoisotopic (exact) mass is 691 g/mol. The molecule has 270 valence electrons. The van der Waals surface area contributed by atoms with Crippen LogP contribution in [0.15, 0.2) is 103 Å². The molecule has 0 aliphatic heterocycles. The number of ether oxygens (including phenoxy) is 1. The van der Waals surface area contributed by atoms with Gasteiger partial charge in [0.15, 0.2) is 0 Å². The summed E-state index contributed by atoms with van der Waals surface area (Å²) in [5, 5.41) is 33.9. The molecular weight excluding hydrogens is 638 g/mol. The summed E-state index contributed by atoms with van der Waals surface area (Å²) in [5.41, 5.74) is 4.05. The number of nitrogens with zero attached hydrogens (tertiary/aromatic N) is 1. The molecule has 1 aliphatic carbocycles. The fraction of sp³-hybridized carbons (Fsp3) is 0.432. The minimum Gasteiger partial charge on any atom is -0.461 e. The van der Waals surface area contributed by atoms with E-state index in [-0.39, 0.29) is 36.1 Å². The zero-order valence-electron chi connectivity index (χ0n) is 29.8. The van der Waals surface area contributed by atoms with Gasteiger partial charge in [-0.05, 0) is 103 Å². The maximum Gasteiger partial charge on any atom is 0.306 e. The Bertz CT molecular complexity index is 1700. The van der Waals surface area contributed by atoms with Crippen LogP contribution in [0.5, 0.6) is 0 Å². The standard InChI is InChI=1S/C44H53NO6/c1-2-38(41(47)27-33-16-20-36-29-45-25-24-35(36)26-33)34-18-14-32(15-19-34)30-51-44(50)13-9-4-3-8-12-39-40(43(49)28-42(39)48)23-22-37(46)21-17-31-10-6-5-7-11-31/h3,5-8,10-11,14-16,18-20,24-26,29,37-40,42-43,46,48-49H,2,4,9,12-13,17,21-23,27-28,30H2,1H3/b8-3-/t37-,38?,39+,40+,42-,43+/m0/s1. The van der Waals surface area contributed by atoms with Gasteiger partial charge >= 0.3 is 5.97 Å². The molecule has 1 unspecified atom stereocenters. The number of carbonyl (C=O) groups excluding carboxylic acids is 2. The van der Waals surface area contributed by atoms with Crippen molar-refractivity contribution in [1.29, 1.82) is 0 Å². The fourth-order valence-corrected chi connectivity index (χ4v) is 7.45. The highest BCUT2D eigenvalue weighted by Crippen LogP contribution is 2.38. The minimum atomic E-state index is -0.555. The van der Waals surface area contributed by atoms with Crippen molar-refractivity contribution in [2.24, 2.45) is 11.8 Å². The van der Waals surface area contributed by atoms with Crippen LogP contribution in [-0.4, -0.2) is 50.4 Å². The fourth-order valence-electron chi connectivity index (χ4n) is 7.45. The molecule has 1 fully saturated rings. The molecule has 0 radical (unpaired) electrons. The number of fused-ring (bicyclic) bond motifs is 1. The summed E-state index contributed by atoms with van der Waals surface area (Å²) in [5.74, 6) is -0.343. The number of ketones is 1. The second kappa shape index (κ2) is 19.4. The molecule has 1 aromatic heterocycles. The third-order valence-corrected chi connectivity index (χ3v) is 10.5. The van der Waals surface area contributed by atoms with Crippen LogP contribution in [-0.2, 0) is 33.8 Å². The quantitative estimate of drug-likeness (QED) is 0.0521. The predicted octanol–water partition coefficient (Wildman–Crippen LogP) is 7.83. The van der Waals surface area contributed by atoms with Crippen molar-refractivity contribution < 1.29 is 29.6 Å². The van der Waals surface area contributed by atoms with Gasteiger partial charge in [-0.15, -0.1) is 0 Å². The molecule has 3 aromatic carbocycles. The molecule has 1 aliphatic rings. The topological polar surface area (TPSA) is 117 Å². The van der Waals surface area contributed by atoms with Crippen molar-refractivity contribution in [3.05, 3.63) is 126 Å². The van der Waals surface area contributed by atoms with Gasteiger partial charge in [0.05, 0.1) is 18.3 Å². The van der Waals surface area contributed by atoms with Crippen LogP contribution in [0.1, 0.15) is 92.9 Å². The van der Waals surface area contributed by atoms with Crippen LogP contribution < -0.4 is 0 Å². The number of benzene rings is 3. The van der Waals surface area contributed by atoms with E-state index >= 15 is 0 Å². The summed E-state index contributed by atoms with van der Waals surface area (Å²) >= 11 is 0. The van der Waals surface area contributed by atoms with E-state index in [1.807, 2.05) is 85.9 Å². The van der Waals surface area contributed by atoms with E-state index < -0.39 is 18.3 Å². The maximum atomic E-state index is 13.2. The summed E-state index contributed by atoms with van der Waals surface area (Å²) in [7, 11) is 0. The lowest BCUT2D eigenvalue weighted by Crippen LogP contribution is -2.23. The number of pyridine rings is 1. The average Bonchev–Trinajstić information content (AvgIpc) is 3.42. The lowest BCUT2D eigenvalue weighted by molar-refractivity contribution is -0.145. The molecule has 5 rings (SSSR count). The Kier molecular flexibility index (Phi) is 14.5. The van der Waals surface area contributed by atoms with E-state index in [0.29, 0.717) is 57.8 Å². The number of esters is 1. The molecule has 7 nitrogen and oxygen atoms in total. The van der Waals surface area contributed by atoms with Crippen LogP contribution >= 0.6 is 0 Å². The smallest absolute Gasteiger partial charge is 0.306 e. The summed E-state index contributed by atoms with van der Waals surface area (Å²) in [4.78, 5) is 29.8. The molecule has 1 saturated carbocycles. The predicted molar refractivity (Wildman–Crippen MR) is 201 cm³/mol. The molecule has 51 heavy (non-hydrogen) atoms. The SMILES string of the molecule is CCC(C(=O)Cc1ccc2cnccc2c1)c1ccc(COC(=O)CCC/C=C\C[C@@H]2[C@@H](CC[C@@H](O)CCc3ccccc3)[C@H](O)C[C@@H]2O)cc1. The minimum absolute atomic E-state index is 0.0396. The molecular formula is C44H53NO6. The van der Waals surface area contributed by atoms with E-state index in [0.717, 1.165) is 40.3 Å². The van der Waals surface area contributed by atoms with E-state index in [1.165, 1.54) is 5.56 Å². The van der Waals surface area contributed by atoms with E-state index in [2.05, 4.69) is 23.2 Å². The number of aryl methyl sites for hydroxylation is 1. The van der Waals surface area contributed by atoms with E-state index in [4.69, 9.17) is 4.74 Å². The van der Waals surface area contributed by atoms with Gasteiger partial charge in [-0.25, -0.2) is 0 Å². The van der Waals surface area contributed by atoms with Crippen LogP contribution in [0, 0.1) is 11.8 Å². The summed E-state index contributed by atoms with van der Waals surface area (Å²) in [6, 6.07) is 25.9. The number of carbonyl (C=O) groups is 2. The second-order valence-corrected chi connectivity index (χ2v) is 14.1. The first kappa shape index (κ1) is 38.1. The van der Waals surface area contributed by atoms with Gasteiger partial charge < -0.3 is 20.1 Å². The van der Waals surface area contributed by atoms with Gasteiger partial charge in [0.25, 0.3) is 0 Å². The first-order chi connectivity index (χ1) is 24.8. The van der Waals surface area contributed by atoms with Gasteiger partial charge in [-0.1, -0.05) is 91.9 Å². The number of unbranched alkanes of at least 4 members (excludes halogenated alkanes) is 1. The van der Waals surface area contributed by atoms with Crippen LogP contribution in [0.25, 0.3) is 10.8 Å². The Morgan fingerprint density at radius 2 is 1.65 bits per heavy atom. The molecule has 0 amide bonds. The Balaban J connectivity index is 0.983. The van der Waals surface area contributed by atoms with Crippen molar-refractivity contribution in [2.75, 3.05) is 0 Å². The van der Waals surface area contributed by atoms with Gasteiger partial charge in [-0.2, -0.15) is 0 Å². The third-order valence-electron chi connectivity index (χ3n) is 10.5. The number of aliphatic hydroxyl groups is 3. The Hall–Kier alpha value is -4.17. The van der Waals surface area contributed by atoms with Gasteiger partial charge in [0.2, 0.25) is 0 Å². The van der Waals surface area contributed by atoms with E-state index in [9.17, 15) is 24.9 Å². The molecule has 1 heterocycles. The first-order valence-corrected chi connectivity index (χ1v) is 18.6. The van der Waals surface area contributed by atoms with Crippen molar-refractivity contribution in [2.45, 2.75) is 108 Å². The lowest BCUT2D eigenvalue weighted by atomic mass is 9.85. The molecule has 6 atom stereocenters. The number of allylic oxidation sites excluding steroid dienone is 2. The van der Waals surface area contributed by atoms with Crippen molar-refractivity contribution >= 4 is 22.5 Å². The summed E-state index contributed by atoms with van der Waals surface area (Å²) in [6.45, 7) is 2.22. The van der Waals surface area contributed by atoms with Gasteiger partial charge in [-0.3, -0.25) is 14.6 Å². The lowest BCUT2D eigenvalue weighted by Gasteiger charge is -2.23. The largest absolute Gasteiger partial charge is 0.461 e. The Morgan fingerprint density at radius 3 is 2.43 bits per heavy atom. The number of aliphatic hydroxyl groups excluding tert-OH is 3. The second-order valence-electron chi connectivity index (χ2n) is 14.1. The zero-order valence-corrected chi connectivity index (χ0v) is 29.8. The highest BCUT2D eigenvalue weighted by Gasteiger charge is 2.40. The number of Topliss-reactive ketones (excluding diaryl/α,β-unsaturated/α-hetero) is 1. The van der Waals surface area contributed by atoms with E-state index in [1.54, 1.807) is 6.20 Å². The molecule has 0 spiro atoms. The molecule has 7 heteroatoms. The first-order valence-electron chi connectivity index (χ1n) is 18.6. The highest BCUT2D eigenvalue weighted by atomic mass is 16.5. The average molecular weight is 692 g/mol. The normalized spacial score (nSPS) is 20.1. The van der Waals surface area contributed by atoms with Gasteiger partial charge in [0.1, 0.15) is 12.4 Å². The van der Waals surface area contributed by atoms with Crippen molar-refractivity contribution in [1.82, 2.24) is 4.98 Å². The molecule has 0 bridgehead atoms. The molecule has 3 N–H and O–H groups in total. The van der Waals surface area contributed by atoms with Crippen LogP contribution in [0.3, 0.4) is 0 Å². The maximum absolute atomic E-state index is 13.2. The Labute approximate surface area is 302 Å². The third kappa shape index (κ3) is 11.4. The van der Waals surface area contributed by atoms with Gasteiger partial charge in [0, 0.05) is 36.5 Å². The number of rotatable bonds is 19. The highest BCUT2D eigenvalue weighted by molar-refractivity contribution is 5.89. The van der Waals surface area contributed by atoms with Crippen molar-refractivity contribution in [3.63, 3.8) is 0 Å². The number of hydrogen-bond acceptors (Lipinski definition) is 7. The van der Waals surface area contributed by atoms with Crippen LogP contribution in [0.2, 0.25) is 0 Å². The summed E-state index contributed by atoms with van der Waals surface area (Å²) < 4.78 is 5.52. The summed E-state index contributed by atoms with van der Waals surface area (Å²) in [6.07, 6.45) is 12.7. The number of aromatic nitrogens is 1. The molecule has 0 saturated heterocycles. The molecule has 4 aromatic rings. The van der Waals surface area contributed by atoms with Crippen LogP contribution in [0.4, 0.5) is 0 Å².